The predicted octanol–water partition coefficient (Wildman–Crippen LogP) is 15.4. The van der Waals surface area contributed by atoms with E-state index in [0.29, 0.717) is 17.8 Å². The molecule has 3 rings (SSSR count). The zero-order valence-electron chi connectivity index (χ0n) is 37.9. The minimum absolute atomic E-state index is 0.00402. The monoisotopic (exact) mass is 655 g/mol. The van der Waals surface area contributed by atoms with Crippen LogP contribution in [0.25, 0.3) is 0 Å². The second-order valence-corrected chi connectivity index (χ2v) is 24.5. The minimum Gasteiger partial charge on any atom is -0.0649 e. The zero-order chi connectivity index (χ0) is 37.9. The Morgan fingerprint density at radius 1 is 0.617 bits per heavy atom. The van der Waals surface area contributed by atoms with E-state index in [1.54, 1.807) is 0 Å². The molecule has 10 atom stereocenters. The van der Waals surface area contributed by atoms with E-state index < -0.39 is 0 Å². The van der Waals surface area contributed by atoms with Crippen molar-refractivity contribution in [2.45, 2.75) is 206 Å². The Balaban J connectivity index is 2.91. The highest BCUT2D eigenvalue weighted by molar-refractivity contribution is 5.48. The van der Waals surface area contributed by atoms with Crippen molar-refractivity contribution in [2.75, 3.05) is 0 Å². The fraction of sp³-hybridized carbons (Fsp3) is 1.00. The number of rotatable bonds is 8. The third kappa shape index (κ3) is 3.57. The van der Waals surface area contributed by atoms with Crippen molar-refractivity contribution in [2.24, 2.45) is 93.6 Å². The maximum absolute atomic E-state index is 2.94. The van der Waals surface area contributed by atoms with Gasteiger partial charge in [-0.2, -0.15) is 0 Å². The van der Waals surface area contributed by atoms with Crippen molar-refractivity contribution < 1.29 is 0 Å². The lowest BCUT2D eigenvalue weighted by Gasteiger charge is -2.87. The van der Waals surface area contributed by atoms with E-state index in [2.05, 4.69) is 187 Å². The van der Waals surface area contributed by atoms with Crippen LogP contribution in [-0.2, 0) is 0 Å². The van der Waals surface area contributed by atoms with E-state index in [9.17, 15) is 0 Å². The summed E-state index contributed by atoms with van der Waals surface area (Å²) >= 11 is 0. The molecule has 3 fully saturated rings. The first-order valence-corrected chi connectivity index (χ1v) is 20.3. The predicted molar refractivity (Wildman–Crippen MR) is 212 cm³/mol. The maximum atomic E-state index is 2.94. The molecular weight excluding hydrogens is 565 g/mol. The highest BCUT2D eigenvalue weighted by Crippen LogP contribution is 3.06. The first-order valence-electron chi connectivity index (χ1n) is 20.3. The summed E-state index contributed by atoms with van der Waals surface area (Å²) in [7, 11) is 0. The molecule has 0 aliphatic heterocycles. The molecule has 3 aliphatic carbocycles. The van der Waals surface area contributed by atoms with Gasteiger partial charge in [-0.1, -0.05) is 193 Å². The number of fused-ring (bicyclic) bond motifs is 4. The quantitative estimate of drug-likeness (QED) is 0.244. The van der Waals surface area contributed by atoms with Crippen molar-refractivity contribution in [1.29, 1.82) is 0 Å². The molecule has 278 valence electrons. The molecule has 0 amide bonds. The minimum atomic E-state index is 0.00402. The fourth-order valence-electron chi connectivity index (χ4n) is 17.0. The van der Waals surface area contributed by atoms with Gasteiger partial charge in [0.1, 0.15) is 0 Å². The van der Waals surface area contributed by atoms with Crippen LogP contribution in [0.5, 0.6) is 0 Å². The van der Waals surface area contributed by atoms with Crippen LogP contribution < -0.4 is 0 Å². The third-order valence-electron chi connectivity index (χ3n) is 22.8. The van der Waals surface area contributed by atoms with E-state index in [4.69, 9.17) is 0 Å². The Labute approximate surface area is 299 Å². The van der Waals surface area contributed by atoms with Gasteiger partial charge in [0.05, 0.1) is 0 Å². The summed E-state index contributed by atoms with van der Waals surface area (Å²) in [6.45, 7) is 72.8. The highest BCUT2D eigenvalue weighted by atomic mass is 15.1. The van der Waals surface area contributed by atoms with Crippen LogP contribution in [0.3, 0.4) is 0 Å². The Hall–Kier alpha value is 0. The third-order valence-corrected chi connectivity index (χ3v) is 22.8. The molecule has 10 unspecified atom stereocenters. The Morgan fingerprint density at radius 2 is 1.04 bits per heavy atom. The lowest BCUT2D eigenvalue weighted by molar-refractivity contribution is -0.413. The standard InChI is InChI=1S/C47H90/c1-28-36(12,13)33(5)47-42(23)30-31(3)37(14,15)43(42,24)46(47,27)40(20,21)45(26,41(22,29-2)39(18,19)35(9,10)11)44(47,25)38(16,17)32(4)34(6,7)8/h31-33H,28-30H2,1-27H3. The molecule has 3 saturated carbocycles. The van der Waals surface area contributed by atoms with Crippen LogP contribution in [0.1, 0.15) is 206 Å². The van der Waals surface area contributed by atoms with Crippen LogP contribution in [0.4, 0.5) is 0 Å². The summed E-state index contributed by atoms with van der Waals surface area (Å²) < 4.78 is 0. The molecule has 0 bridgehead atoms. The SMILES string of the molecule is CCC(C)(C)C(C)C12C3(C)CC(C)C(C)(C)C3(C)C1(C)C(C)(C)C(C)(C(C)(CC)C(C)(C)C(C)(C)C)C2(C)C(C)(C)C(C)C(C)(C)C. The van der Waals surface area contributed by atoms with Crippen molar-refractivity contribution in [3.63, 3.8) is 0 Å². The van der Waals surface area contributed by atoms with Crippen LogP contribution in [0.15, 0.2) is 0 Å². The van der Waals surface area contributed by atoms with Gasteiger partial charge in [-0.05, 0) is 106 Å². The molecule has 47 heavy (non-hydrogen) atoms. The van der Waals surface area contributed by atoms with Gasteiger partial charge in [0.25, 0.3) is 0 Å². The molecule has 3 aliphatic rings. The highest BCUT2D eigenvalue weighted by Gasteiger charge is 3.02. The van der Waals surface area contributed by atoms with Gasteiger partial charge in [-0.25, -0.2) is 0 Å². The van der Waals surface area contributed by atoms with E-state index in [1.165, 1.54) is 19.3 Å². The molecular formula is C47H90. The zero-order valence-corrected chi connectivity index (χ0v) is 37.9. The average Bonchev–Trinajstić information content (AvgIpc) is 3.10. The van der Waals surface area contributed by atoms with Crippen molar-refractivity contribution in [3.8, 4) is 0 Å². The van der Waals surface area contributed by atoms with Crippen molar-refractivity contribution in [3.05, 3.63) is 0 Å². The normalized spacial score (nSPS) is 43.1. The number of hydrogen-bond donors (Lipinski definition) is 0. The summed E-state index contributed by atoms with van der Waals surface area (Å²) in [5.41, 5.74) is 1.65. The Morgan fingerprint density at radius 3 is 1.38 bits per heavy atom. The topological polar surface area (TPSA) is 0 Å². The Kier molecular flexibility index (Phi) is 8.91. The summed E-state index contributed by atoms with van der Waals surface area (Å²) in [5, 5.41) is 0. The molecule has 0 aromatic carbocycles. The molecule has 0 aromatic heterocycles. The molecule has 0 radical (unpaired) electrons. The second kappa shape index (κ2) is 10.1. The van der Waals surface area contributed by atoms with Crippen LogP contribution in [0.2, 0.25) is 0 Å². The van der Waals surface area contributed by atoms with Gasteiger partial charge in [0.2, 0.25) is 0 Å². The van der Waals surface area contributed by atoms with E-state index in [-0.39, 0.29) is 75.8 Å². The Bertz CT molecular complexity index is 1230. The van der Waals surface area contributed by atoms with Crippen LogP contribution >= 0.6 is 0 Å². The average molecular weight is 655 g/mol. The van der Waals surface area contributed by atoms with Crippen molar-refractivity contribution in [1.82, 2.24) is 0 Å². The van der Waals surface area contributed by atoms with E-state index in [0.717, 1.165) is 0 Å². The first kappa shape index (κ1) is 41.4. The van der Waals surface area contributed by atoms with Crippen LogP contribution in [-0.4, -0.2) is 0 Å². The van der Waals surface area contributed by atoms with Gasteiger partial charge in [-0.15, -0.1) is 0 Å². The molecule has 0 saturated heterocycles. The summed E-state index contributed by atoms with van der Waals surface area (Å²) in [6.07, 6.45) is 3.75. The van der Waals surface area contributed by atoms with E-state index >= 15 is 0 Å². The van der Waals surface area contributed by atoms with Gasteiger partial charge >= 0.3 is 0 Å². The van der Waals surface area contributed by atoms with Gasteiger partial charge < -0.3 is 0 Å². The first-order chi connectivity index (χ1) is 20.3. The smallest absolute Gasteiger partial charge is 0.00778 e. The molecule has 0 spiro atoms. The van der Waals surface area contributed by atoms with E-state index in [1.807, 2.05) is 0 Å². The van der Waals surface area contributed by atoms with Gasteiger partial charge in [0.15, 0.2) is 0 Å². The number of hydrogen-bond acceptors (Lipinski definition) is 0. The molecule has 0 N–H and O–H groups in total. The van der Waals surface area contributed by atoms with Gasteiger partial charge in [-0.3, -0.25) is 0 Å². The molecule has 0 aromatic rings. The molecule has 0 heterocycles. The summed E-state index contributed by atoms with van der Waals surface area (Å²) in [5.74, 6) is 1.78. The van der Waals surface area contributed by atoms with Gasteiger partial charge in [0, 0.05) is 0 Å². The largest absolute Gasteiger partial charge is 0.0649 e. The maximum Gasteiger partial charge on any atom is -0.00778 e. The molecule has 0 heteroatoms. The summed E-state index contributed by atoms with van der Waals surface area (Å²) in [4.78, 5) is 0. The lowest BCUT2D eigenvalue weighted by atomic mass is 9.16. The molecule has 0 nitrogen and oxygen atoms in total. The lowest BCUT2D eigenvalue weighted by Crippen LogP contribution is -2.84. The van der Waals surface area contributed by atoms with Crippen LogP contribution in [0, 0.1) is 93.6 Å². The second-order valence-electron chi connectivity index (χ2n) is 24.5. The van der Waals surface area contributed by atoms with Crippen molar-refractivity contribution >= 4 is 0 Å². The summed E-state index contributed by atoms with van der Waals surface area (Å²) in [6, 6.07) is 0. The fourth-order valence-corrected chi connectivity index (χ4v) is 17.0.